The van der Waals surface area contributed by atoms with E-state index in [4.69, 9.17) is 4.74 Å². The molecular weight excluding hydrogens is 302 g/mol. The molecule has 22 heavy (non-hydrogen) atoms. The van der Waals surface area contributed by atoms with E-state index in [1.807, 2.05) is 18.2 Å². The molecule has 7 heteroatoms. The molecule has 2 aromatic carbocycles. The van der Waals surface area contributed by atoms with Crippen molar-refractivity contribution in [1.29, 1.82) is 0 Å². The maximum Gasteiger partial charge on any atom is 0.263 e. The Kier molecular flexibility index (Phi) is 3.64. The number of ether oxygens (including phenoxy) is 1. The SMILES string of the molecule is COc1ccc(NS(=O)(=O)c2cccc3ccccc23)nn1. The van der Waals surface area contributed by atoms with Gasteiger partial charge in [-0.25, -0.2) is 8.42 Å². The molecule has 112 valence electrons. The van der Waals surface area contributed by atoms with E-state index in [0.29, 0.717) is 11.3 Å². The average Bonchev–Trinajstić information content (AvgIpc) is 2.54. The largest absolute Gasteiger partial charge is 0.480 e. The molecule has 0 bridgehead atoms. The number of nitrogens with one attached hydrogen (secondary N) is 1. The predicted molar refractivity (Wildman–Crippen MR) is 83.3 cm³/mol. The fourth-order valence-corrected chi connectivity index (χ4v) is 3.33. The van der Waals surface area contributed by atoms with Crippen LogP contribution in [0.1, 0.15) is 0 Å². The third-order valence-corrected chi connectivity index (χ3v) is 4.54. The normalized spacial score (nSPS) is 11.3. The van der Waals surface area contributed by atoms with Gasteiger partial charge in [0, 0.05) is 11.5 Å². The van der Waals surface area contributed by atoms with Gasteiger partial charge in [-0.1, -0.05) is 36.4 Å². The first-order valence-corrected chi connectivity index (χ1v) is 7.97. The van der Waals surface area contributed by atoms with Crippen molar-refractivity contribution in [3.05, 3.63) is 54.6 Å². The van der Waals surface area contributed by atoms with Gasteiger partial charge in [-0.2, -0.15) is 0 Å². The number of rotatable bonds is 4. The number of sulfonamides is 1. The van der Waals surface area contributed by atoms with Gasteiger partial charge in [0.05, 0.1) is 12.0 Å². The summed E-state index contributed by atoms with van der Waals surface area (Å²) in [7, 11) is -2.29. The molecule has 0 fully saturated rings. The molecule has 0 radical (unpaired) electrons. The Morgan fingerprint density at radius 1 is 0.955 bits per heavy atom. The number of methoxy groups -OCH3 is 1. The van der Waals surface area contributed by atoms with Crippen molar-refractivity contribution in [3.63, 3.8) is 0 Å². The second-order valence-corrected chi connectivity index (χ2v) is 6.19. The van der Waals surface area contributed by atoms with Crippen molar-refractivity contribution in [3.8, 4) is 5.88 Å². The molecule has 3 rings (SSSR count). The summed E-state index contributed by atoms with van der Waals surface area (Å²) in [6, 6.07) is 15.4. The molecule has 0 saturated heterocycles. The van der Waals surface area contributed by atoms with E-state index in [1.54, 1.807) is 24.3 Å². The Hall–Kier alpha value is -2.67. The highest BCUT2D eigenvalue weighted by atomic mass is 32.2. The van der Waals surface area contributed by atoms with E-state index >= 15 is 0 Å². The van der Waals surface area contributed by atoms with E-state index < -0.39 is 10.0 Å². The molecule has 0 aliphatic carbocycles. The number of aromatic nitrogens is 2. The fourth-order valence-electron chi connectivity index (χ4n) is 2.11. The molecule has 1 N–H and O–H groups in total. The quantitative estimate of drug-likeness (QED) is 0.799. The molecule has 0 aliphatic rings. The number of hydrogen-bond acceptors (Lipinski definition) is 5. The molecule has 1 aromatic heterocycles. The summed E-state index contributed by atoms with van der Waals surface area (Å²) in [5, 5.41) is 9.02. The Bertz CT molecular complexity index is 903. The Morgan fingerprint density at radius 2 is 1.73 bits per heavy atom. The molecule has 0 amide bonds. The van der Waals surface area contributed by atoms with Gasteiger partial charge < -0.3 is 4.74 Å². The minimum atomic E-state index is -3.75. The maximum absolute atomic E-state index is 12.6. The zero-order valence-electron chi connectivity index (χ0n) is 11.7. The van der Waals surface area contributed by atoms with E-state index in [-0.39, 0.29) is 10.7 Å². The van der Waals surface area contributed by atoms with E-state index in [0.717, 1.165) is 5.39 Å². The smallest absolute Gasteiger partial charge is 0.263 e. The minimum Gasteiger partial charge on any atom is -0.480 e. The lowest BCUT2D eigenvalue weighted by molar-refractivity contribution is 0.392. The maximum atomic E-state index is 12.6. The number of benzene rings is 2. The summed E-state index contributed by atoms with van der Waals surface area (Å²) in [6.45, 7) is 0. The van der Waals surface area contributed by atoms with Crippen molar-refractivity contribution in [2.24, 2.45) is 0 Å². The van der Waals surface area contributed by atoms with Crippen molar-refractivity contribution >= 4 is 26.6 Å². The van der Waals surface area contributed by atoms with Crippen LogP contribution >= 0.6 is 0 Å². The first-order chi connectivity index (χ1) is 10.6. The highest BCUT2D eigenvalue weighted by Gasteiger charge is 2.18. The van der Waals surface area contributed by atoms with Crippen molar-refractivity contribution in [1.82, 2.24) is 10.2 Å². The van der Waals surface area contributed by atoms with Crippen molar-refractivity contribution in [2.75, 3.05) is 11.8 Å². The van der Waals surface area contributed by atoms with Gasteiger partial charge in [0.2, 0.25) is 5.88 Å². The molecular formula is C15H13N3O3S. The summed E-state index contributed by atoms with van der Waals surface area (Å²) in [6.07, 6.45) is 0. The van der Waals surface area contributed by atoms with Crippen LogP contribution in [0, 0.1) is 0 Å². The van der Waals surface area contributed by atoms with E-state index in [9.17, 15) is 8.42 Å². The number of nitrogens with zero attached hydrogens (tertiary/aromatic N) is 2. The Morgan fingerprint density at radius 3 is 2.45 bits per heavy atom. The van der Waals surface area contributed by atoms with E-state index in [2.05, 4.69) is 14.9 Å². The van der Waals surface area contributed by atoms with Gasteiger partial charge in [0.1, 0.15) is 0 Å². The van der Waals surface area contributed by atoms with Crippen LogP contribution in [0.2, 0.25) is 0 Å². The van der Waals surface area contributed by atoms with Crippen molar-refractivity contribution < 1.29 is 13.2 Å². The van der Waals surface area contributed by atoms with E-state index in [1.165, 1.54) is 19.2 Å². The van der Waals surface area contributed by atoms with Gasteiger partial charge in [0.25, 0.3) is 10.0 Å². The molecule has 3 aromatic rings. The molecule has 6 nitrogen and oxygen atoms in total. The van der Waals surface area contributed by atoms with Crippen molar-refractivity contribution in [2.45, 2.75) is 4.90 Å². The predicted octanol–water partition coefficient (Wildman–Crippen LogP) is 2.44. The Labute approximate surface area is 127 Å². The van der Waals surface area contributed by atoms with Gasteiger partial charge in [-0.15, -0.1) is 10.2 Å². The number of hydrogen-bond donors (Lipinski definition) is 1. The first kappa shape index (κ1) is 14.3. The topological polar surface area (TPSA) is 81.2 Å². The highest BCUT2D eigenvalue weighted by Crippen LogP contribution is 2.24. The summed E-state index contributed by atoms with van der Waals surface area (Å²) in [5.41, 5.74) is 0. The van der Waals surface area contributed by atoms with Crippen LogP contribution in [0.4, 0.5) is 5.82 Å². The van der Waals surface area contributed by atoms with Crippen LogP contribution in [0.15, 0.2) is 59.5 Å². The zero-order valence-corrected chi connectivity index (χ0v) is 12.5. The van der Waals surface area contributed by atoms with Gasteiger partial charge in [-0.05, 0) is 17.5 Å². The van der Waals surface area contributed by atoms with Gasteiger partial charge >= 0.3 is 0 Å². The van der Waals surface area contributed by atoms with Crippen LogP contribution in [-0.4, -0.2) is 25.7 Å². The second kappa shape index (κ2) is 5.61. The van der Waals surface area contributed by atoms with Gasteiger partial charge in [0.15, 0.2) is 5.82 Å². The molecule has 0 saturated carbocycles. The summed E-state index contributed by atoms with van der Waals surface area (Å²) in [4.78, 5) is 0.197. The third kappa shape index (κ3) is 2.71. The van der Waals surface area contributed by atoms with Crippen LogP contribution in [0.3, 0.4) is 0 Å². The lowest BCUT2D eigenvalue weighted by Crippen LogP contribution is -2.14. The molecule has 0 atom stereocenters. The highest BCUT2D eigenvalue weighted by molar-refractivity contribution is 7.93. The average molecular weight is 315 g/mol. The summed E-state index contributed by atoms with van der Waals surface area (Å²) in [5.74, 6) is 0.446. The number of anilines is 1. The van der Waals surface area contributed by atoms with Gasteiger partial charge in [-0.3, -0.25) is 4.72 Å². The number of fused-ring (bicyclic) bond motifs is 1. The van der Waals surface area contributed by atoms with Crippen LogP contribution < -0.4 is 9.46 Å². The molecule has 0 aliphatic heterocycles. The summed E-state index contributed by atoms with van der Waals surface area (Å²) >= 11 is 0. The first-order valence-electron chi connectivity index (χ1n) is 6.48. The molecule has 0 unspecified atom stereocenters. The lowest BCUT2D eigenvalue weighted by Gasteiger charge is -2.09. The molecule has 0 spiro atoms. The second-order valence-electron chi connectivity index (χ2n) is 4.54. The van der Waals surface area contributed by atoms with Crippen LogP contribution in [0.25, 0.3) is 10.8 Å². The fraction of sp³-hybridized carbons (Fsp3) is 0.0667. The minimum absolute atomic E-state index is 0.133. The summed E-state index contributed by atoms with van der Waals surface area (Å²) < 4.78 is 32.4. The van der Waals surface area contributed by atoms with Crippen LogP contribution in [-0.2, 0) is 10.0 Å². The Balaban J connectivity index is 2.01. The van der Waals surface area contributed by atoms with Crippen LogP contribution in [0.5, 0.6) is 5.88 Å². The standard InChI is InChI=1S/C15H13N3O3S/c1-21-15-10-9-14(16-17-15)18-22(19,20)13-8-4-6-11-5-2-3-7-12(11)13/h2-10H,1H3,(H,16,18). The molecule has 1 heterocycles. The lowest BCUT2D eigenvalue weighted by atomic mass is 10.1. The zero-order chi connectivity index (χ0) is 15.6. The third-order valence-electron chi connectivity index (χ3n) is 3.13. The monoisotopic (exact) mass is 315 g/mol.